The van der Waals surface area contributed by atoms with Crippen molar-refractivity contribution in [2.45, 2.75) is 82.9 Å². The second-order valence-corrected chi connectivity index (χ2v) is 17.0. The molecule has 4 N–H and O–H groups in total. The third kappa shape index (κ3) is 9.02. The van der Waals surface area contributed by atoms with Gasteiger partial charge in [0.2, 0.25) is 5.96 Å². The number of aliphatic imine (C=N–C) groups is 1. The minimum Gasteiger partial charge on any atom is -0.507 e. The molecule has 4 aromatic carbocycles. The first-order valence-electron chi connectivity index (χ1n) is 19.5. The molecule has 6 rings (SSSR count). The maximum absolute atomic E-state index is 14.2. The first-order valence-corrected chi connectivity index (χ1v) is 20.9. The maximum Gasteiger partial charge on any atom is 0.410 e. The van der Waals surface area contributed by atoms with Crippen LogP contribution >= 0.6 is 0 Å². The molecule has 1 aliphatic carbocycles. The van der Waals surface area contributed by atoms with Crippen LogP contribution in [0.1, 0.15) is 71.6 Å². The summed E-state index contributed by atoms with van der Waals surface area (Å²) in [6, 6.07) is 19.3. The van der Waals surface area contributed by atoms with Gasteiger partial charge in [-0.25, -0.2) is 22.7 Å². The number of nitrogens with one attached hydrogen (secondary N) is 1. The summed E-state index contributed by atoms with van der Waals surface area (Å²) in [5.74, 6) is -0.503. The second-order valence-electron chi connectivity index (χ2n) is 15.4. The van der Waals surface area contributed by atoms with Crippen LogP contribution in [0, 0.1) is 20.8 Å². The molecule has 0 saturated carbocycles. The average Bonchev–Trinajstić information content (AvgIpc) is 3.71. The van der Waals surface area contributed by atoms with Crippen LogP contribution in [0.3, 0.4) is 0 Å². The van der Waals surface area contributed by atoms with Crippen molar-refractivity contribution in [2.75, 3.05) is 26.9 Å². The number of hydrogen-bond acceptors (Lipinski definition) is 10. The molecule has 0 spiro atoms. The van der Waals surface area contributed by atoms with Gasteiger partial charge >= 0.3 is 12.1 Å². The molecule has 2 aliphatic rings. The van der Waals surface area contributed by atoms with Gasteiger partial charge in [-0.2, -0.15) is 0 Å². The Morgan fingerprint density at radius 2 is 1.69 bits per heavy atom. The Kier molecular flexibility index (Phi) is 12.6. The molecule has 0 bridgehead atoms. The van der Waals surface area contributed by atoms with E-state index in [1.54, 1.807) is 26.0 Å². The molecular formula is C45H52N4O9S. The summed E-state index contributed by atoms with van der Waals surface area (Å²) in [4.78, 5) is 33.5. The number of ether oxygens (including phenoxy) is 4. The van der Waals surface area contributed by atoms with Crippen LogP contribution in [-0.4, -0.2) is 75.0 Å². The summed E-state index contributed by atoms with van der Waals surface area (Å²) in [6.07, 6.45) is 1.47. The number of fused-ring (bicyclic) bond motifs is 4. The van der Waals surface area contributed by atoms with Crippen molar-refractivity contribution in [2.24, 2.45) is 10.7 Å². The monoisotopic (exact) mass is 824 g/mol. The number of benzene rings is 4. The molecule has 4 aromatic rings. The summed E-state index contributed by atoms with van der Waals surface area (Å²) < 4.78 is 52.8. The molecule has 14 heteroatoms. The van der Waals surface area contributed by atoms with Crippen LogP contribution in [0.5, 0.6) is 17.2 Å². The van der Waals surface area contributed by atoms with Crippen molar-refractivity contribution < 1.29 is 42.1 Å². The summed E-state index contributed by atoms with van der Waals surface area (Å²) in [7, 11) is -2.70. The van der Waals surface area contributed by atoms with Crippen LogP contribution in [0.15, 0.2) is 89.3 Å². The van der Waals surface area contributed by atoms with Crippen LogP contribution in [0.2, 0.25) is 0 Å². The standard InChI is InChI=1S/C45H52N4O9S/c1-8-22-56-42(51)38(18-13-21-47-43(46)48-59(53,54)41-28(3)27(2)36-24-45(5,6)58-40(36)29(41)4)49(25-30-19-20-31(55-7)23-39(30)50)44(52)57-26-37-34-16-11-9-14-32(34)33-15-10-12-17-35(33)37/h8-12,14-17,19-20,23,37-38,50H,1,13,18,21-22,24-26H2,2-7H3,(H3,46,47,48)/t38-/m0/s1. The molecular weight excluding hydrogens is 773 g/mol. The fourth-order valence-corrected chi connectivity index (χ4v) is 9.47. The van der Waals surface area contributed by atoms with Crippen LogP contribution < -0.4 is 19.9 Å². The minimum atomic E-state index is -4.17. The molecule has 0 aromatic heterocycles. The van der Waals surface area contributed by atoms with E-state index in [1.165, 1.54) is 24.2 Å². The van der Waals surface area contributed by atoms with Gasteiger partial charge < -0.3 is 29.8 Å². The molecule has 312 valence electrons. The van der Waals surface area contributed by atoms with Gasteiger partial charge in [-0.3, -0.25) is 9.89 Å². The van der Waals surface area contributed by atoms with E-state index in [-0.39, 0.29) is 61.7 Å². The predicted octanol–water partition coefficient (Wildman–Crippen LogP) is 6.96. The quantitative estimate of drug-likeness (QED) is 0.0373. The number of esters is 1. The SMILES string of the molecule is C=CCOC(=O)[C@H](CCCN=C(N)NS(=O)(=O)c1c(C)c(C)c2c(c1C)OC(C)(C)C2)N(Cc1ccc(OC)cc1O)C(=O)OCC1c2ccccc2-c2ccccc21. The second kappa shape index (κ2) is 17.5. The highest BCUT2D eigenvalue weighted by Gasteiger charge is 2.38. The van der Waals surface area contributed by atoms with Gasteiger partial charge in [0.25, 0.3) is 10.0 Å². The molecule has 1 atom stereocenters. The van der Waals surface area contributed by atoms with Gasteiger partial charge in [-0.15, -0.1) is 0 Å². The largest absolute Gasteiger partial charge is 0.507 e. The number of methoxy groups -OCH3 is 1. The topological polar surface area (TPSA) is 179 Å². The highest BCUT2D eigenvalue weighted by Crippen LogP contribution is 2.45. The molecule has 13 nitrogen and oxygen atoms in total. The van der Waals surface area contributed by atoms with Gasteiger partial charge in [0.15, 0.2) is 0 Å². The number of rotatable bonds is 15. The number of phenolic OH excluding ortho intramolecular Hbond substituents is 1. The molecule has 1 heterocycles. The molecule has 0 fully saturated rings. The Morgan fingerprint density at radius 1 is 1.03 bits per heavy atom. The molecule has 0 saturated heterocycles. The zero-order valence-corrected chi connectivity index (χ0v) is 35.1. The fourth-order valence-electron chi connectivity index (χ4n) is 7.98. The van der Waals surface area contributed by atoms with Crippen LogP contribution in [-0.2, 0) is 37.3 Å². The lowest BCUT2D eigenvalue weighted by Crippen LogP contribution is -2.46. The van der Waals surface area contributed by atoms with Crippen molar-refractivity contribution in [3.63, 3.8) is 0 Å². The summed E-state index contributed by atoms with van der Waals surface area (Å²) >= 11 is 0. The minimum absolute atomic E-state index is 0.00954. The number of carbonyl (C=O) groups excluding carboxylic acids is 2. The Morgan fingerprint density at radius 3 is 2.32 bits per heavy atom. The van der Waals surface area contributed by atoms with E-state index >= 15 is 0 Å². The Bertz CT molecular complexity index is 2360. The lowest BCUT2D eigenvalue weighted by molar-refractivity contribution is -0.148. The third-order valence-electron chi connectivity index (χ3n) is 10.9. The summed E-state index contributed by atoms with van der Waals surface area (Å²) in [5.41, 5.74) is 13.1. The summed E-state index contributed by atoms with van der Waals surface area (Å²) in [5, 5.41) is 10.9. The van der Waals surface area contributed by atoms with E-state index in [0.29, 0.717) is 34.6 Å². The van der Waals surface area contributed by atoms with E-state index in [0.717, 1.165) is 33.4 Å². The van der Waals surface area contributed by atoms with E-state index in [2.05, 4.69) is 16.3 Å². The first kappa shape index (κ1) is 42.6. The van der Waals surface area contributed by atoms with Crippen molar-refractivity contribution in [1.82, 2.24) is 9.62 Å². The fraction of sp³-hybridized carbons (Fsp3) is 0.356. The number of nitrogens with two attached hydrogens (primary N) is 1. The van der Waals surface area contributed by atoms with Gasteiger partial charge in [0.1, 0.15) is 42.1 Å². The Labute approximate surface area is 345 Å². The first-order chi connectivity index (χ1) is 28.1. The van der Waals surface area contributed by atoms with Crippen molar-refractivity contribution in [3.8, 4) is 28.4 Å². The van der Waals surface area contributed by atoms with E-state index in [1.807, 2.05) is 69.3 Å². The van der Waals surface area contributed by atoms with Crippen molar-refractivity contribution >= 4 is 28.0 Å². The van der Waals surface area contributed by atoms with Gasteiger partial charge in [-0.05, 0) is 93.0 Å². The molecule has 1 amide bonds. The van der Waals surface area contributed by atoms with Gasteiger partial charge in [-0.1, -0.05) is 61.2 Å². The Balaban J connectivity index is 1.22. The number of nitrogens with zero attached hydrogens (tertiary/aromatic N) is 2. The third-order valence-corrected chi connectivity index (χ3v) is 12.5. The number of aromatic hydroxyl groups is 1. The highest BCUT2D eigenvalue weighted by atomic mass is 32.2. The molecule has 0 radical (unpaired) electrons. The van der Waals surface area contributed by atoms with Crippen molar-refractivity contribution in [3.05, 3.63) is 118 Å². The van der Waals surface area contributed by atoms with Gasteiger partial charge in [0, 0.05) is 41.6 Å². The number of carbonyl (C=O) groups is 2. The van der Waals surface area contributed by atoms with E-state index in [4.69, 9.17) is 24.7 Å². The number of guanidine groups is 1. The number of phenols is 1. The zero-order chi connectivity index (χ0) is 42.6. The van der Waals surface area contributed by atoms with Crippen LogP contribution in [0.4, 0.5) is 4.79 Å². The lowest BCUT2D eigenvalue weighted by atomic mass is 9.93. The normalized spacial score (nSPS) is 14.6. The molecule has 0 unspecified atom stereocenters. The zero-order valence-electron chi connectivity index (χ0n) is 34.3. The predicted molar refractivity (Wildman–Crippen MR) is 225 cm³/mol. The van der Waals surface area contributed by atoms with Crippen LogP contribution in [0.25, 0.3) is 11.1 Å². The number of amides is 1. The highest BCUT2D eigenvalue weighted by molar-refractivity contribution is 7.90. The number of hydrogen-bond donors (Lipinski definition) is 3. The number of sulfonamides is 1. The average molecular weight is 825 g/mol. The maximum atomic E-state index is 14.2. The Hall–Kier alpha value is -6.02. The molecule has 59 heavy (non-hydrogen) atoms. The van der Waals surface area contributed by atoms with E-state index in [9.17, 15) is 23.1 Å². The molecule has 1 aliphatic heterocycles. The smallest absolute Gasteiger partial charge is 0.410 e. The lowest BCUT2D eigenvalue weighted by Gasteiger charge is -2.30. The van der Waals surface area contributed by atoms with E-state index < -0.39 is 33.7 Å². The summed E-state index contributed by atoms with van der Waals surface area (Å²) in [6.45, 7) is 12.6. The van der Waals surface area contributed by atoms with Crippen molar-refractivity contribution in [1.29, 1.82) is 0 Å². The van der Waals surface area contributed by atoms with Gasteiger partial charge in [0.05, 0.1) is 18.6 Å².